The first-order valence-corrected chi connectivity index (χ1v) is 2.63. The molecule has 0 aliphatic rings. The molecular weight excluding hydrogens is 120 g/mol. The normalized spacial score (nSPS) is 10.0. The molecule has 0 aliphatic heterocycles. The van der Waals surface area contributed by atoms with Gasteiger partial charge in [-0.3, -0.25) is 0 Å². The van der Waals surface area contributed by atoms with E-state index >= 15 is 0 Å². The number of hydrogen-bond acceptors (Lipinski definition) is 4. The maximum absolute atomic E-state index is 9.49. The summed E-state index contributed by atoms with van der Waals surface area (Å²) in [5.74, 6) is 0. The van der Waals surface area contributed by atoms with Crippen molar-refractivity contribution in [3.05, 3.63) is 0 Å². The van der Waals surface area contributed by atoms with Crippen LogP contribution in [0, 0.1) is 0 Å². The van der Waals surface area contributed by atoms with Gasteiger partial charge in [-0.1, -0.05) is 0 Å². The zero-order chi connectivity index (χ0) is 5.70. The highest BCUT2D eigenvalue weighted by Crippen LogP contribution is 1.69. The molecule has 0 aliphatic carbocycles. The molecule has 0 bridgehead atoms. The van der Waals surface area contributed by atoms with Crippen LogP contribution in [0.2, 0.25) is 0 Å². The van der Waals surface area contributed by atoms with Crippen LogP contribution in [-0.2, 0) is 19.9 Å². The second-order valence-electron chi connectivity index (χ2n) is 0.759. The fourth-order valence-electron chi connectivity index (χ4n) is 0.0957. The van der Waals surface area contributed by atoms with Gasteiger partial charge in [-0.15, -0.1) is 0 Å². The van der Waals surface area contributed by atoms with E-state index in [4.69, 9.17) is 0 Å². The van der Waals surface area contributed by atoms with Crippen LogP contribution in [0.5, 0.6) is 0 Å². The minimum absolute atomic E-state index is 0.196. The predicted molar refractivity (Wildman–Crippen MR) is 23.3 cm³/mol. The molecular formula is C2H6O4S. The molecule has 0 heterocycles. The van der Waals surface area contributed by atoms with Crippen molar-refractivity contribution in [3.8, 4) is 0 Å². The molecule has 4 nitrogen and oxygen atoms in total. The largest absolute Gasteiger partial charge is 0.357 e. The summed E-state index contributed by atoms with van der Waals surface area (Å²) in [6.07, 6.45) is 0. The quantitative estimate of drug-likeness (QED) is 0.394. The van der Waals surface area contributed by atoms with Crippen molar-refractivity contribution in [2.45, 2.75) is 0 Å². The van der Waals surface area contributed by atoms with E-state index in [0.717, 1.165) is 0 Å². The lowest BCUT2D eigenvalue weighted by Gasteiger charge is -1.87. The Morgan fingerprint density at radius 1 is 1.57 bits per heavy atom. The lowest BCUT2D eigenvalue weighted by Crippen LogP contribution is -1.92. The Morgan fingerprint density at radius 3 is 2.29 bits per heavy atom. The van der Waals surface area contributed by atoms with Crippen LogP contribution >= 0.6 is 0 Å². The molecule has 0 saturated heterocycles. The third kappa shape index (κ3) is 5.87. The predicted octanol–water partition coefficient (Wildman–Crippen LogP) is -0.867. The van der Waals surface area contributed by atoms with E-state index in [9.17, 15) is 8.42 Å². The van der Waals surface area contributed by atoms with Gasteiger partial charge in [-0.05, 0) is 0 Å². The second kappa shape index (κ2) is 4.04. The highest BCUT2D eigenvalue weighted by Gasteiger charge is 1.78. The molecule has 7 heavy (non-hydrogen) atoms. The van der Waals surface area contributed by atoms with Crippen LogP contribution in [0.15, 0.2) is 0 Å². The molecule has 0 rings (SSSR count). The van der Waals surface area contributed by atoms with Crippen LogP contribution in [0.3, 0.4) is 0 Å². The van der Waals surface area contributed by atoms with Crippen molar-refractivity contribution in [2.24, 2.45) is 0 Å². The van der Waals surface area contributed by atoms with E-state index in [1.54, 1.807) is 0 Å². The SMILES string of the molecule is COCO[SH](=O)=O. The summed E-state index contributed by atoms with van der Waals surface area (Å²) >= 11 is 0. The van der Waals surface area contributed by atoms with Gasteiger partial charge in [0.1, 0.15) is 0 Å². The Bertz CT molecular complexity index is 87.9. The molecule has 0 N–H and O–H groups in total. The van der Waals surface area contributed by atoms with Crippen molar-refractivity contribution < 1.29 is 17.3 Å². The third-order valence-electron chi connectivity index (χ3n) is 0.276. The molecule has 0 aromatic heterocycles. The molecule has 0 amide bonds. The summed E-state index contributed by atoms with van der Waals surface area (Å²) in [7, 11) is -1.39. The summed E-state index contributed by atoms with van der Waals surface area (Å²) in [5.41, 5.74) is 0. The first kappa shape index (κ1) is 6.87. The molecule has 0 saturated carbocycles. The summed E-state index contributed by atoms with van der Waals surface area (Å²) in [6.45, 7) is -0.196. The number of methoxy groups -OCH3 is 1. The van der Waals surface area contributed by atoms with Crippen molar-refractivity contribution in [1.29, 1.82) is 0 Å². The van der Waals surface area contributed by atoms with E-state index in [2.05, 4.69) is 8.92 Å². The summed E-state index contributed by atoms with van der Waals surface area (Å²) in [6, 6.07) is 0. The maximum atomic E-state index is 9.49. The Morgan fingerprint density at radius 2 is 2.14 bits per heavy atom. The standard InChI is InChI=1S/C2H6O4S/c1-5-2-6-7(3)4/h7H,2H2,1H3. The first-order chi connectivity index (χ1) is 3.27. The van der Waals surface area contributed by atoms with Gasteiger partial charge in [-0.2, -0.15) is 0 Å². The van der Waals surface area contributed by atoms with Crippen LogP contribution in [0.1, 0.15) is 0 Å². The number of rotatable bonds is 3. The Kier molecular flexibility index (Phi) is 3.97. The van der Waals surface area contributed by atoms with Crippen LogP contribution < -0.4 is 0 Å². The zero-order valence-corrected chi connectivity index (χ0v) is 4.68. The van der Waals surface area contributed by atoms with Crippen LogP contribution in [0.4, 0.5) is 0 Å². The molecule has 0 aromatic rings. The molecule has 44 valence electrons. The fourth-order valence-corrected chi connectivity index (χ4v) is 0.287. The number of hydrogen-bond donors (Lipinski definition) is 1. The van der Waals surface area contributed by atoms with Crippen molar-refractivity contribution >= 4 is 11.0 Å². The average molecular weight is 126 g/mol. The van der Waals surface area contributed by atoms with Crippen molar-refractivity contribution in [3.63, 3.8) is 0 Å². The van der Waals surface area contributed by atoms with E-state index in [1.165, 1.54) is 7.11 Å². The Balaban J connectivity index is 2.98. The van der Waals surface area contributed by atoms with Gasteiger partial charge in [0.25, 0.3) is 11.0 Å². The van der Waals surface area contributed by atoms with E-state index in [0.29, 0.717) is 0 Å². The van der Waals surface area contributed by atoms with Gasteiger partial charge in [0.15, 0.2) is 6.79 Å². The van der Waals surface area contributed by atoms with Gasteiger partial charge in [0, 0.05) is 7.11 Å². The average Bonchev–Trinajstić information content (AvgIpc) is 1.61. The summed E-state index contributed by atoms with van der Waals surface area (Å²) in [4.78, 5) is 0. The molecule has 0 aromatic carbocycles. The lowest BCUT2D eigenvalue weighted by atomic mass is 11.4. The van der Waals surface area contributed by atoms with Gasteiger partial charge in [-0.25, -0.2) is 12.6 Å². The van der Waals surface area contributed by atoms with E-state index in [-0.39, 0.29) is 6.79 Å². The Hall–Kier alpha value is -0.130. The summed E-state index contributed by atoms with van der Waals surface area (Å²) < 4.78 is 27.2. The number of thiol groups is 1. The molecule has 0 atom stereocenters. The van der Waals surface area contributed by atoms with E-state index < -0.39 is 11.0 Å². The van der Waals surface area contributed by atoms with Gasteiger partial charge >= 0.3 is 0 Å². The molecule has 0 unspecified atom stereocenters. The van der Waals surface area contributed by atoms with E-state index in [1.807, 2.05) is 0 Å². The minimum atomic E-state index is -2.73. The van der Waals surface area contributed by atoms with Crippen molar-refractivity contribution in [1.82, 2.24) is 0 Å². The molecule has 0 spiro atoms. The smallest absolute Gasteiger partial charge is 0.259 e. The fraction of sp³-hybridized carbons (Fsp3) is 1.00. The minimum Gasteiger partial charge on any atom is -0.357 e. The molecule has 0 fully saturated rings. The van der Waals surface area contributed by atoms with Gasteiger partial charge < -0.3 is 4.74 Å². The highest BCUT2D eigenvalue weighted by molar-refractivity contribution is 7.67. The zero-order valence-electron chi connectivity index (χ0n) is 3.79. The monoisotopic (exact) mass is 126 g/mol. The first-order valence-electron chi connectivity index (χ1n) is 1.53. The topological polar surface area (TPSA) is 52.6 Å². The number of ether oxygens (including phenoxy) is 1. The van der Waals surface area contributed by atoms with Gasteiger partial charge in [0.05, 0.1) is 0 Å². The second-order valence-corrected chi connectivity index (χ2v) is 1.46. The van der Waals surface area contributed by atoms with Crippen LogP contribution in [0.25, 0.3) is 0 Å². The maximum Gasteiger partial charge on any atom is 0.259 e. The highest BCUT2D eigenvalue weighted by atomic mass is 32.2. The molecule has 5 heteroatoms. The third-order valence-corrected chi connectivity index (χ3v) is 0.592. The summed E-state index contributed by atoms with van der Waals surface area (Å²) in [5, 5.41) is 0. The lowest BCUT2D eigenvalue weighted by molar-refractivity contribution is 0.0598. The molecule has 0 radical (unpaired) electrons. The van der Waals surface area contributed by atoms with Gasteiger partial charge in [0.2, 0.25) is 0 Å². The van der Waals surface area contributed by atoms with Crippen molar-refractivity contribution in [2.75, 3.05) is 13.9 Å². The Labute approximate surface area is 43.2 Å². The van der Waals surface area contributed by atoms with Crippen LogP contribution in [-0.4, -0.2) is 22.3 Å².